The molecule has 0 unspecified atom stereocenters. The van der Waals surface area contributed by atoms with E-state index in [1.807, 2.05) is 0 Å². The quantitative estimate of drug-likeness (QED) is 0.341. The number of benzene rings is 2. The number of nitro benzene ring substituents is 1. The van der Waals surface area contributed by atoms with Crippen molar-refractivity contribution < 1.29 is 25.0 Å². The molecule has 0 aromatic heterocycles. The third-order valence-corrected chi connectivity index (χ3v) is 2.66. The zero-order valence-electron chi connectivity index (χ0n) is 11.9. The van der Waals surface area contributed by atoms with Gasteiger partial charge >= 0.3 is 5.97 Å². The monoisotopic (exact) mass is 326 g/mol. The summed E-state index contributed by atoms with van der Waals surface area (Å²) in [4.78, 5) is 20.8. The van der Waals surface area contributed by atoms with Gasteiger partial charge in [0.15, 0.2) is 0 Å². The van der Waals surface area contributed by atoms with Crippen LogP contribution in [0.1, 0.15) is 10.4 Å². The summed E-state index contributed by atoms with van der Waals surface area (Å²) in [5, 5.41) is 45.8. The predicted octanol–water partition coefficient (Wildman–Crippen LogP) is 2.74. The Labute approximate surface area is 151 Å². The van der Waals surface area contributed by atoms with Crippen molar-refractivity contribution in [1.82, 2.24) is 0 Å². The number of carboxylic acids is 1. The molecule has 3 N–H and O–H groups in total. The molecular formula is C13H9N3NaO6. The number of phenolic OH excluding ortho intramolecular Hbond substituents is 1. The van der Waals surface area contributed by atoms with E-state index in [2.05, 4.69) is 10.2 Å². The molecule has 1 radical (unpaired) electrons. The minimum atomic E-state index is -1.38. The number of carbonyl (C=O) groups is 1. The second kappa shape index (κ2) is 7.68. The second-order valence-electron chi connectivity index (χ2n) is 4.14. The number of hydrogen-bond donors (Lipinski definition) is 3. The van der Waals surface area contributed by atoms with Crippen LogP contribution in [0.5, 0.6) is 11.5 Å². The molecule has 0 aliphatic rings. The summed E-state index contributed by atoms with van der Waals surface area (Å²) < 4.78 is 0. The summed E-state index contributed by atoms with van der Waals surface area (Å²) in [6.07, 6.45) is 0. The molecule has 0 heterocycles. The number of nitrogens with zero attached hydrogens (tertiary/aromatic N) is 3. The Balaban J connectivity index is 0.00000264. The maximum Gasteiger partial charge on any atom is 0.339 e. The van der Waals surface area contributed by atoms with Gasteiger partial charge in [-0.05, 0) is 18.2 Å². The molecule has 0 fully saturated rings. The number of azo groups is 1. The first-order valence-electron chi connectivity index (χ1n) is 5.84. The van der Waals surface area contributed by atoms with Gasteiger partial charge in [-0.1, -0.05) is 0 Å². The number of non-ortho nitro benzene ring substituents is 1. The van der Waals surface area contributed by atoms with Crippen LogP contribution in [0.4, 0.5) is 17.1 Å². The van der Waals surface area contributed by atoms with E-state index >= 15 is 0 Å². The van der Waals surface area contributed by atoms with Crippen LogP contribution in [0, 0.1) is 10.1 Å². The van der Waals surface area contributed by atoms with Crippen LogP contribution in [0.3, 0.4) is 0 Å². The minimum Gasteiger partial charge on any atom is -0.507 e. The van der Waals surface area contributed by atoms with E-state index in [0.29, 0.717) is 0 Å². The molecule has 0 amide bonds. The smallest absolute Gasteiger partial charge is 0.339 e. The van der Waals surface area contributed by atoms with E-state index in [1.54, 1.807) is 0 Å². The number of carboxylic acid groups (broad SMARTS) is 1. The van der Waals surface area contributed by atoms with Crippen molar-refractivity contribution in [2.24, 2.45) is 10.2 Å². The van der Waals surface area contributed by atoms with Crippen LogP contribution in [-0.2, 0) is 0 Å². The number of aromatic carboxylic acids is 1. The summed E-state index contributed by atoms with van der Waals surface area (Å²) in [5.41, 5.74) is -0.432. The van der Waals surface area contributed by atoms with E-state index < -0.39 is 28.0 Å². The summed E-state index contributed by atoms with van der Waals surface area (Å²) in [6, 6.07) is 6.95. The molecule has 0 aliphatic carbocycles. The van der Waals surface area contributed by atoms with Crippen molar-refractivity contribution in [2.75, 3.05) is 0 Å². The first kappa shape index (κ1) is 18.6. The summed E-state index contributed by atoms with van der Waals surface area (Å²) >= 11 is 0. The Bertz CT molecular complexity index is 776. The van der Waals surface area contributed by atoms with E-state index in [-0.39, 0.29) is 46.6 Å². The zero-order valence-corrected chi connectivity index (χ0v) is 13.9. The molecule has 0 aliphatic heterocycles. The van der Waals surface area contributed by atoms with Gasteiger partial charge in [-0.15, -0.1) is 5.11 Å². The van der Waals surface area contributed by atoms with Crippen LogP contribution in [0.2, 0.25) is 0 Å². The van der Waals surface area contributed by atoms with Crippen LogP contribution in [-0.4, -0.2) is 55.8 Å². The molecule has 0 saturated heterocycles. The molecule has 0 atom stereocenters. The Morgan fingerprint density at radius 2 is 1.65 bits per heavy atom. The number of phenols is 2. The van der Waals surface area contributed by atoms with Gasteiger partial charge in [-0.3, -0.25) is 10.1 Å². The Hall–Kier alpha value is -2.49. The number of rotatable bonds is 4. The number of aromatic hydroxyl groups is 2. The van der Waals surface area contributed by atoms with Crippen molar-refractivity contribution in [3.8, 4) is 11.5 Å². The number of hydrogen-bond acceptors (Lipinski definition) is 7. The van der Waals surface area contributed by atoms with Crippen molar-refractivity contribution in [2.45, 2.75) is 0 Å². The first-order valence-corrected chi connectivity index (χ1v) is 5.84. The van der Waals surface area contributed by atoms with E-state index in [1.165, 1.54) is 24.3 Å². The van der Waals surface area contributed by atoms with Crippen LogP contribution >= 0.6 is 0 Å². The topological polar surface area (TPSA) is 146 Å². The molecule has 2 aromatic carbocycles. The van der Waals surface area contributed by atoms with Gasteiger partial charge in [0.25, 0.3) is 5.69 Å². The van der Waals surface area contributed by atoms with Gasteiger partial charge in [0, 0.05) is 47.8 Å². The number of nitro groups is 1. The fourth-order valence-corrected chi connectivity index (χ4v) is 1.57. The molecule has 10 heteroatoms. The first-order chi connectivity index (χ1) is 10.4. The van der Waals surface area contributed by atoms with Crippen molar-refractivity contribution >= 4 is 52.6 Å². The molecule has 2 aromatic rings. The summed E-state index contributed by atoms with van der Waals surface area (Å²) in [5.74, 6) is -2.43. The minimum absolute atomic E-state index is 0. The maximum absolute atomic E-state index is 10.9. The van der Waals surface area contributed by atoms with Crippen LogP contribution < -0.4 is 0 Å². The van der Waals surface area contributed by atoms with Gasteiger partial charge in [-0.25, -0.2) is 4.79 Å². The van der Waals surface area contributed by atoms with Crippen molar-refractivity contribution in [3.63, 3.8) is 0 Å². The van der Waals surface area contributed by atoms with Gasteiger partial charge in [0.2, 0.25) is 0 Å². The zero-order chi connectivity index (χ0) is 16.3. The SMILES string of the molecule is O=C(O)c1cc(N=Nc2ccc([N+](=O)[O-])cc2)c(O)cc1O.[Na]. The molecular weight excluding hydrogens is 317 g/mol. The van der Waals surface area contributed by atoms with Crippen molar-refractivity contribution in [1.29, 1.82) is 0 Å². The molecule has 0 saturated carbocycles. The maximum atomic E-state index is 10.9. The van der Waals surface area contributed by atoms with Gasteiger partial charge in [0.05, 0.1) is 10.6 Å². The van der Waals surface area contributed by atoms with Gasteiger partial charge < -0.3 is 15.3 Å². The Kier molecular flexibility index (Phi) is 6.19. The Morgan fingerprint density at radius 1 is 1.04 bits per heavy atom. The molecule has 9 nitrogen and oxygen atoms in total. The summed E-state index contributed by atoms with van der Waals surface area (Å²) in [7, 11) is 0. The van der Waals surface area contributed by atoms with Crippen LogP contribution in [0.15, 0.2) is 46.6 Å². The fourth-order valence-electron chi connectivity index (χ4n) is 1.57. The third-order valence-electron chi connectivity index (χ3n) is 2.66. The van der Waals surface area contributed by atoms with Gasteiger partial charge in [-0.2, -0.15) is 5.11 Å². The molecule has 0 spiro atoms. The largest absolute Gasteiger partial charge is 0.507 e. The molecule has 23 heavy (non-hydrogen) atoms. The Morgan fingerprint density at radius 3 is 2.17 bits per heavy atom. The predicted molar refractivity (Wildman–Crippen MR) is 79.8 cm³/mol. The fraction of sp³-hybridized carbons (Fsp3) is 0. The van der Waals surface area contributed by atoms with Crippen LogP contribution in [0.25, 0.3) is 0 Å². The van der Waals surface area contributed by atoms with E-state index in [0.717, 1.165) is 12.1 Å². The molecule has 2 rings (SSSR count). The molecule has 113 valence electrons. The molecule has 0 bridgehead atoms. The van der Waals surface area contributed by atoms with E-state index in [4.69, 9.17) is 5.11 Å². The van der Waals surface area contributed by atoms with Crippen molar-refractivity contribution in [3.05, 3.63) is 52.1 Å². The summed E-state index contributed by atoms with van der Waals surface area (Å²) in [6.45, 7) is 0. The average molecular weight is 326 g/mol. The van der Waals surface area contributed by atoms with E-state index in [9.17, 15) is 25.1 Å². The average Bonchev–Trinajstić information content (AvgIpc) is 2.46. The van der Waals surface area contributed by atoms with Gasteiger partial charge in [0.1, 0.15) is 22.7 Å². The third kappa shape index (κ3) is 4.49. The normalized spacial score (nSPS) is 10.3. The standard InChI is InChI=1S/C13H9N3O6.Na/c17-11-6-12(18)10(5-9(11)13(19)20)15-14-7-1-3-8(4-2-7)16(21)22;/h1-6,17-18H,(H,19,20);. The second-order valence-corrected chi connectivity index (χ2v) is 4.14.